The maximum atomic E-state index is 11.8. The highest BCUT2D eigenvalue weighted by Crippen LogP contribution is 2.40. The summed E-state index contributed by atoms with van der Waals surface area (Å²) in [7, 11) is -4.26. The van der Waals surface area contributed by atoms with Crippen molar-refractivity contribution in [2.24, 2.45) is 5.50 Å². The summed E-state index contributed by atoms with van der Waals surface area (Å²) < 4.78 is 21.7. The normalized spacial score (nSPS) is 34.5. The van der Waals surface area contributed by atoms with Crippen LogP contribution in [-0.4, -0.2) is 49.1 Å². The van der Waals surface area contributed by atoms with E-state index in [1.54, 1.807) is 0 Å². The molecular weight excluding hydrogens is 319 g/mol. The van der Waals surface area contributed by atoms with E-state index in [9.17, 15) is 19.6 Å². The summed E-state index contributed by atoms with van der Waals surface area (Å²) in [5.41, 5.74) is 7.54. The summed E-state index contributed by atoms with van der Waals surface area (Å²) in [5, 5.41) is 20.4. The Balaban J connectivity index is 2.26. The van der Waals surface area contributed by atoms with Gasteiger partial charge >= 0.3 is 13.4 Å². The molecule has 11 nitrogen and oxygen atoms in total. The van der Waals surface area contributed by atoms with Gasteiger partial charge in [-0.1, -0.05) is 0 Å². The first-order valence-corrected chi connectivity index (χ1v) is 7.83. The quantitative estimate of drug-likeness (QED) is 0.382. The summed E-state index contributed by atoms with van der Waals surface area (Å²) in [4.78, 5) is 24.2. The Kier molecular flexibility index (Phi) is 4.42. The first-order chi connectivity index (χ1) is 10.0. The van der Waals surface area contributed by atoms with Gasteiger partial charge in [-0.05, 0) is 13.0 Å². The molecule has 12 heteroatoms. The smallest absolute Gasteiger partial charge is 0.387 e. The molecule has 0 spiro atoms. The van der Waals surface area contributed by atoms with Gasteiger partial charge in [0, 0.05) is 6.20 Å². The van der Waals surface area contributed by atoms with Gasteiger partial charge in [-0.25, -0.2) is 14.9 Å². The lowest BCUT2D eigenvalue weighted by Crippen LogP contribution is -2.46. The summed E-state index contributed by atoms with van der Waals surface area (Å²) >= 11 is 0. The Morgan fingerprint density at radius 2 is 2.27 bits per heavy atom. The molecule has 0 aromatic carbocycles. The van der Waals surface area contributed by atoms with Gasteiger partial charge < -0.3 is 25.6 Å². The zero-order valence-electron chi connectivity index (χ0n) is 11.6. The van der Waals surface area contributed by atoms with Crippen LogP contribution in [0.4, 0.5) is 5.82 Å². The zero-order valence-corrected chi connectivity index (χ0v) is 12.5. The lowest BCUT2D eigenvalue weighted by molar-refractivity contribution is -0.0984. The Morgan fingerprint density at radius 3 is 2.82 bits per heavy atom. The average Bonchev–Trinajstić information content (AvgIpc) is 2.59. The van der Waals surface area contributed by atoms with Crippen molar-refractivity contribution >= 4 is 13.6 Å². The fraction of sp³-hybridized carbons (Fsp3) is 0.600. The topological polar surface area (TPSA) is 183 Å². The minimum absolute atomic E-state index is 0.0105. The van der Waals surface area contributed by atoms with Gasteiger partial charge in [0.2, 0.25) is 0 Å². The second-order valence-corrected chi connectivity index (χ2v) is 6.49. The van der Waals surface area contributed by atoms with E-state index in [-0.39, 0.29) is 5.82 Å². The predicted octanol–water partition coefficient (Wildman–Crippen LogP) is -2.09. The van der Waals surface area contributed by atoms with Crippen LogP contribution in [0.2, 0.25) is 0 Å². The third-order valence-corrected chi connectivity index (χ3v) is 3.80. The molecule has 7 N–H and O–H groups in total. The average molecular weight is 336 g/mol. The number of ether oxygens (including phenoxy) is 1. The molecule has 0 radical (unpaired) electrons. The zero-order chi connectivity index (χ0) is 16.7. The highest BCUT2D eigenvalue weighted by Gasteiger charge is 2.53. The van der Waals surface area contributed by atoms with Crippen LogP contribution >= 0.6 is 7.75 Å². The van der Waals surface area contributed by atoms with Gasteiger partial charge in [0.05, 0.1) is 6.61 Å². The highest BCUT2D eigenvalue weighted by atomic mass is 31.2. The maximum absolute atomic E-state index is 11.8. The number of hydrogen-bond donors (Lipinski definition) is 5. The minimum Gasteiger partial charge on any atom is -0.387 e. The molecule has 5 atom stereocenters. The highest BCUT2D eigenvalue weighted by molar-refractivity contribution is 7.50. The van der Waals surface area contributed by atoms with E-state index in [2.05, 4.69) is 9.51 Å². The second-order valence-electron chi connectivity index (χ2n) is 5.10. The summed E-state index contributed by atoms with van der Waals surface area (Å²) in [6.07, 6.45) is -2.70. The van der Waals surface area contributed by atoms with Crippen molar-refractivity contribution in [2.45, 2.75) is 31.0 Å². The van der Waals surface area contributed by atoms with Crippen molar-refractivity contribution in [3.63, 3.8) is 0 Å². The summed E-state index contributed by atoms with van der Waals surface area (Å²) in [6, 6.07) is 1.32. The Morgan fingerprint density at radius 1 is 1.64 bits per heavy atom. The molecular formula is C10H17N4O7P. The molecule has 2 rings (SSSR count). The van der Waals surface area contributed by atoms with E-state index in [4.69, 9.17) is 20.9 Å². The van der Waals surface area contributed by atoms with Crippen LogP contribution in [0.25, 0.3) is 0 Å². The number of nitrogen functional groups attached to an aromatic ring is 1. The lowest BCUT2D eigenvalue weighted by atomic mass is 9.96. The van der Waals surface area contributed by atoms with Crippen molar-refractivity contribution in [1.82, 2.24) is 9.55 Å². The van der Waals surface area contributed by atoms with E-state index in [1.165, 1.54) is 19.2 Å². The number of rotatable bonds is 4. The molecule has 1 aromatic rings. The van der Waals surface area contributed by atoms with Crippen molar-refractivity contribution < 1.29 is 28.9 Å². The van der Waals surface area contributed by atoms with Crippen LogP contribution in [0.15, 0.2) is 17.1 Å². The van der Waals surface area contributed by atoms with E-state index in [0.29, 0.717) is 0 Å². The summed E-state index contributed by atoms with van der Waals surface area (Å²) in [5.74, 6) is -0.0105. The van der Waals surface area contributed by atoms with Crippen LogP contribution in [0.3, 0.4) is 0 Å². The van der Waals surface area contributed by atoms with Crippen LogP contribution in [0, 0.1) is 0 Å². The number of aliphatic hydroxyl groups excluding tert-OH is 1. The lowest BCUT2D eigenvalue weighted by Gasteiger charge is -2.27. The molecule has 1 fully saturated rings. The second kappa shape index (κ2) is 5.70. The molecule has 2 heterocycles. The molecule has 1 aliphatic heterocycles. The largest absolute Gasteiger partial charge is 0.400 e. The molecule has 1 unspecified atom stereocenters. The number of hydrogen-bond acceptors (Lipinski definition) is 8. The molecule has 0 saturated carbocycles. The fourth-order valence-corrected chi connectivity index (χ4v) is 2.52. The predicted molar refractivity (Wildman–Crippen MR) is 73.4 cm³/mol. The molecule has 124 valence electrons. The van der Waals surface area contributed by atoms with Crippen molar-refractivity contribution in [3.05, 3.63) is 22.7 Å². The van der Waals surface area contributed by atoms with Crippen molar-refractivity contribution in [3.8, 4) is 0 Å². The van der Waals surface area contributed by atoms with Gasteiger partial charge in [0.25, 0.3) is 0 Å². The van der Waals surface area contributed by atoms with E-state index < -0.39 is 44.1 Å². The van der Waals surface area contributed by atoms with Crippen molar-refractivity contribution in [2.75, 3.05) is 12.3 Å². The Hall–Kier alpha value is -1.33. The molecule has 0 amide bonds. The third kappa shape index (κ3) is 3.36. The molecule has 0 bridgehead atoms. The number of aromatic nitrogens is 2. The number of nitrogens with two attached hydrogens (primary N) is 2. The van der Waals surface area contributed by atoms with E-state index >= 15 is 0 Å². The minimum atomic E-state index is -4.26. The fourth-order valence-electron chi connectivity index (χ4n) is 2.16. The number of aliphatic hydroxyl groups is 2. The van der Waals surface area contributed by atoms with E-state index in [1.807, 2.05) is 0 Å². The van der Waals surface area contributed by atoms with Crippen LogP contribution in [-0.2, 0) is 13.8 Å². The van der Waals surface area contributed by atoms with Gasteiger partial charge in [0.15, 0.2) is 6.23 Å². The van der Waals surface area contributed by atoms with Crippen LogP contribution in [0.1, 0.15) is 13.2 Å². The monoisotopic (exact) mass is 336 g/mol. The van der Waals surface area contributed by atoms with Gasteiger partial charge in [-0.2, -0.15) is 4.98 Å². The SMILES string of the molecule is C[C@@]1(O)[C@H](O)[C@@H](COP(N)(=O)O)O[C@H]1n1ccc(N)nc1=O. The maximum Gasteiger partial charge on any atom is 0.400 e. The molecule has 22 heavy (non-hydrogen) atoms. The standard InChI is InChI=1S/C10H17N4O7P/c1-10(17)7(15)5(4-20-22(12,18)19)21-8(10)14-3-2-6(11)13-9(14)16/h2-3,5,7-8,15,17H,4H2,1H3,(H2,11,13,16)(H3,12,18,19)/t5-,7-,8-,10-/m1/s1. The Labute approximate surface area is 124 Å². The molecule has 1 saturated heterocycles. The van der Waals surface area contributed by atoms with Crippen LogP contribution < -0.4 is 16.9 Å². The van der Waals surface area contributed by atoms with Crippen molar-refractivity contribution in [1.29, 1.82) is 0 Å². The van der Waals surface area contributed by atoms with Gasteiger partial charge in [-0.15, -0.1) is 0 Å². The number of nitrogens with zero attached hydrogens (tertiary/aromatic N) is 2. The Bertz CT molecular complexity index is 657. The van der Waals surface area contributed by atoms with Gasteiger partial charge in [0.1, 0.15) is 23.6 Å². The molecule has 1 aromatic heterocycles. The van der Waals surface area contributed by atoms with Crippen LogP contribution in [0.5, 0.6) is 0 Å². The van der Waals surface area contributed by atoms with E-state index in [0.717, 1.165) is 4.57 Å². The summed E-state index contributed by atoms with van der Waals surface area (Å²) in [6.45, 7) is 0.696. The number of anilines is 1. The molecule has 0 aliphatic carbocycles. The first-order valence-electron chi connectivity index (χ1n) is 6.19. The molecule has 1 aliphatic rings. The van der Waals surface area contributed by atoms with Gasteiger partial charge in [-0.3, -0.25) is 9.09 Å². The third-order valence-electron chi connectivity index (χ3n) is 3.28. The first kappa shape index (κ1) is 17.0.